The van der Waals surface area contributed by atoms with E-state index in [1.807, 2.05) is 0 Å². The highest BCUT2D eigenvalue weighted by Crippen LogP contribution is 2.10. The number of hydrogen-bond donors (Lipinski definition) is 0. The molecule has 1 heteroatoms. The topological polar surface area (TPSA) is 12.4 Å². The summed E-state index contributed by atoms with van der Waals surface area (Å²) in [5.74, 6) is 0. The van der Waals surface area contributed by atoms with E-state index in [-0.39, 0.29) is 0 Å². The van der Waals surface area contributed by atoms with E-state index in [4.69, 9.17) is 0 Å². The molecule has 0 N–H and O–H groups in total. The van der Waals surface area contributed by atoms with E-state index in [1.165, 1.54) is 69.9 Å². The molecule has 0 amide bonds. The van der Waals surface area contributed by atoms with Crippen molar-refractivity contribution >= 4 is 5.71 Å². The van der Waals surface area contributed by atoms with Crippen molar-refractivity contribution in [1.82, 2.24) is 0 Å². The lowest BCUT2D eigenvalue weighted by Gasteiger charge is -2.01. The van der Waals surface area contributed by atoms with Crippen LogP contribution in [0.4, 0.5) is 0 Å². The summed E-state index contributed by atoms with van der Waals surface area (Å²) in [6.45, 7) is 7.65. The van der Waals surface area contributed by atoms with Gasteiger partial charge in [-0.1, -0.05) is 71.6 Å². The van der Waals surface area contributed by atoms with E-state index in [0.717, 1.165) is 13.0 Å². The minimum Gasteiger partial charge on any atom is -0.294 e. The molecular formula is C16H33N. The molecule has 0 fully saturated rings. The van der Waals surface area contributed by atoms with Crippen LogP contribution in [0.15, 0.2) is 4.99 Å². The monoisotopic (exact) mass is 239 g/mol. The van der Waals surface area contributed by atoms with Gasteiger partial charge >= 0.3 is 0 Å². The Balaban J connectivity index is 3.04. The Kier molecular flexibility index (Phi) is 13.5. The fourth-order valence-corrected chi connectivity index (χ4v) is 1.98. The van der Waals surface area contributed by atoms with Crippen molar-refractivity contribution in [3.8, 4) is 0 Å². The molecule has 0 saturated carbocycles. The minimum absolute atomic E-state index is 1.05. The van der Waals surface area contributed by atoms with Crippen molar-refractivity contribution in [2.24, 2.45) is 4.99 Å². The second kappa shape index (κ2) is 13.7. The van der Waals surface area contributed by atoms with Crippen LogP contribution in [0.5, 0.6) is 0 Å². The molecule has 0 radical (unpaired) electrons. The average molecular weight is 239 g/mol. The Bertz CT molecular complexity index is 172. The highest BCUT2D eigenvalue weighted by Gasteiger charge is 1.92. The molecule has 0 saturated heterocycles. The molecule has 0 aromatic rings. The number of hydrogen-bond acceptors (Lipinski definition) is 1. The van der Waals surface area contributed by atoms with Crippen molar-refractivity contribution in [2.45, 2.75) is 91.4 Å². The zero-order valence-electron chi connectivity index (χ0n) is 12.4. The first-order valence-electron chi connectivity index (χ1n) is 7.81. The van der Waals surface area contributed by atoms with E-state index in [2.05, 4.69) is 25.8 Å². The van der Waals surface area contributed by atoms with Crippen molar-refractivity contribution in [2.75, 3.05) is 6.54 Å². The Morgan fingerprint density at radius 2 is 1.18 bits per heavy atom. The highest BCUT2D eigenvalue weighted by atomic mass is 14.7. The summed E-state index contributed by atoms with van der Waals surface area (Å²) in [4.78, 5) is 4.53. The molecule has 0 aliphatic rings. The van der Waals surface area contributed by atoms with Gasteiger partial charge in [0.1, 0.15) is 0 Å². The highest BCUT2D eigenvalue weighted by molar-refractivity contribution is 5.81. The van der Waals surface area contributed by atoms with Crippen LogP contribution in [0.3, 0.4) is 0 Å². The third kappa shape index (κ3) is 13.6. The van der Waals surface area contributed by atoms with Gasteiger partial charge < -0.3 is 0 Å². The van der Waals surface area contributed by atoms with Crippen molar-refractivity contribution in [3.63, 3.8) is 0 Å². The predicted molar refractivity (Wildman–Crippen MR) is 80.1 cm³/mol. The largest absolute Gasteiger partial charge is 0.294 e. The van der Waals surface area contributed by atoms with E-state index in [9.17, 15) is 0 Å². The van der Waals surface area contributed by atoms with Crippen LogP contribution in [0.25, 0.3) is 0 Å². The summed E-state index contributed by atoms with van der Waals surface area (Å²) in [6.07, 6.45) is 15.2. The van der Waals surface area contributed by atoms with Gasteiger partial charge in [-0.3, -0.25) is 4.99 Å². The lowest BCUT2D eigenvalue weighted by Crippen LogP contribution is -1.91. The van der Waals surface area contributed by atoms with Crippen LogP contribution in [0.2, 0.25) is 0 Å². The molecule has 0 heterocycles. The quantitative estimate of drug-likeness (QED) is 0.302. The first kappa shape index (κ1) is 16.7. The number of rotatable bonds is 12. The van der Waals surface area contributed by atoms with Crippen molar-refractivity contribution in [3.05, 3.63) is 0 Å². The molecule has 0 unspecified atom stereocenters. The normalized spacial score (nSPS) is 12.1. The van der Waals surface area contributed by atoms with Gasteiger partial charge in [-0.15, -0.1) is 0 Å². The van der Waals surface area contributed by atoms with Gasteiger partial charge in [-0.2, -0.15) is 0 Å². The molecule has 17 heavy (non-hydrogen) atoms. The third-order valence-corrected chi connectivity index (χ3v) is 3.41. The van der Waals surface area contributed by atoms with Crippen molar-refractivity contribution < 1.29 is 0 Å². The average Bonchev–Trinajstić information content (AvgIpc) is 2.35. The van der Waals surface area contributed by atoms with Gasteiger partial charge in [-0.05, 0) is 19.8 Å². The van der Waals surface area contributed by atoms with E-state index in [1.54, 1.807) is 0 Å². The molecule has 1 nitrogen and oxygen atoms in total. The summed E-state index contributed by atoms with van der Waals surface area (Å²) in [5.41, 5.74) is 1.31. The van der Waals surface area contributed by atoms with Gasteiger partial charge in [0.25, 0.3) is 0 Å². The number of unbranched alkanes of at least 4 members (excludes halogenated alkanes) is 9. The first-order valence-corrected chi connectivity index (χ1v) is 7.81. The molecule has 0 aliphatic heterocycles. The summed E-state index contributed by atoms with van der Waals surface area (Å²) in [7, 11) is 0. The lowest BCUT2D eigenvalue weighted by atomic mass is 10.1. The molecule has 0 rings (SSSR count). The van der Waals surface area contributed by atoms with Crippen LogP contribution >= 0.6 is 0 Å². The smallest absolute Gasteiger partial charge is 0.0388 e. The van der Waals surface area contributed by atoms with Gasteiger partial charge in [0.05, 0.1) is 0 Å². The van der Waals surface area contributed by atoms with Crippen LogP contribution < -0.4 is 0 Å². The molecular weight excluding hydrogens is 206 g/mol. The number of aliphatic imine (C=N–C) groups is 1. The molecule has 0 atom stereocenters. The SMILES string of the molecule is CCCCCCCCCCCCN=C(C)CC. The third-order valence-electron chi connectivity index (χ3n) is 3.41. The van der Waals surface area contributed by atoms with E-state index in [0.29, 0.717) is 0 Å². The second-order valence-corrected chi connectivity index (χ2v) is 5.15. The fraction of sp³-hybridized carbons (Fsp3) is 0.938. The Morgan fingerprint density at radius 3 is 1.65 bits per heavy atom. The number of nitrogens with zero attached hydrogens (tertiary/aromatic N) is 1. The molecule has 0 aromatic carbocycles. The molecule has 0 spiro atoms. The standard InChI is InChI=1S/C16H33N/c1-4-6-7-8-9-10-11-12-13-14-15-17-16(3)5-2/h4-15H2,1-3H3. The molecule has 0 bridgehead atoms. The first-order chi connectivity index (χ1) is 8.31. The van der Waals surface area contributed by atoms with Crippen molar-refractivity contribution in [1.29, 1.82) is 0 Å². The van der Waals surface area contributed by atoms with E-state index < -0.39 is 0 Å². The van der Waals surface area contributed by atoms with Gasteiger partial charge in [0, 0.05) is 12.3 Å². The summed E-state index contributed by atoms with van der Waals surface area (Å²) < 4.78 is 0. The summed E-state index contributed by atoms with van der Waals surface area (Å²) in [5, 5.41) is 0. The second-order valence-electron chi connectivity index (χ2n) is 5.15. The Morgan fingerprint density at radius 1 is 0.706 bits per heavy atom. The fourth-order valence-electron chi connectivity index (χ4n) is 1.98. The predicted octanol–water partition coefficient (Wildman–Crippen LogP) is 5.78. The van der Waals surface area contributed by atoms with Crippen LogP contribution in [-0.4, -0.2) is 12.3 Å². The maximum atomic E-state index is 4.53. The Hall–Kier alpha value is -0.330. The maximum Gasteiger partial charge on any atom is 0.0388 e. The van der Waals surface area contributed by atoms with Crippen LogP contribution in [-0.2, 0) is 0 Å². The Labute approximate surface area is 109 Å². The molecule has 0 aliphatic carbocycles. The lowest BCUT2D eigenvalue weighted by molar-refractivity contribution is 0.558. The van der Waals surface area contributed by atoms with Gasteiger partial charge in [0.15, 0.2) is 0 Å². The van der Waals surface area contributed by atoms with E-state index >= 15 is 0 Å². The zero-order chi connectivity index (χ0) is 12.8. The minimum atomic E-state index is 1.05. The molecule has 102 valence electrons. The van der Waals surface area contributed by atoms with Crippen LogP contribution in [0, 0.1) is 0 Å². The zero-order valence-corrected chi connectivity index (χ0v) is 12.4. The maximum absolute atomic E-state index is 4.53. The summed E-state index contributed by atoms with van der Waals surface area (Å²) in [6, 6.07) is 0. The molecule has 0 aromatic heterocycles. The summed E-state index contributed by atoms with van der Waals surface area (Å²) >= 11 is 0. The van der Waals surface area contributed by atoms with Gasteiger partial charge in [0.2, 0.25) is 0 Å². The van der Waals surface area contributed by atoms with Crippen LogP contribution in [0.1, 0.15) is 91.4 Å². The van der Waals surface area contributed by atoms with Gasteiger partial charge in [-0.25, -0.2) is 0 Å².